The van der Waals surface area contributed by atoms with Gasteiger partial charge in [0.2, 0.25) is 5.91 Å². The van der Waals surface area contributed by atoms with Crippen molar-refractivity contribution in [3.63, 3.8) is 0 Å². The molecule has 3 rings (SSSR count). The number of rotatable bonds is 2. The van der Waals surface area contributed by atoms with Crippen LogP contribution < -0.4 is 16.4 Å². The zero-order valence-corrected chi connectivity index (χ0v) is 12.2. The summed E-state index contributed by atoms with van der Waals surface area (Å²) in [6.07, 6.45) is 0. The van der Waals surface area contributed by atoms with E-state index in [0.717, 1.165) is 0 Å². The number of nitrogens with one attached hydrogen (secondary N) is 2. The minimum atomic E-state index is -0.425. The molecule has 1 fully saturated rings. The summed E-state index contributed by atoms with van der Waals surface area (Å²) in [5, 5.41) is 5.85. The number of hydrogen-bond acceptors (Lipinski definition) is 5. The van der Waals surface area contributed by atoms with E-state index in [1.165, 1.54) is 4.57 Å². The number of hydrogen-bond donors (Lipinski definition) is 2. The SMILES string of the molecule is Cl.Cn1c(=O)oc2cc(NC(=O)C3COCCN3)ccc21. The highest BCUT2D eigenvalue weighted by Crippen LogP contribution is 2.18. The number of nitrogens with zero attached hydrogens (tertiary/aromatic N) is 1. The van der Waals surface area contributed by atoms with Crippen molar-refractivity contribution in [2.45, 2.75) is 6.04 Å². The van der Waals surface area contributed by atoms with Gasteiger partial charge in [0.25, 0.3) is 0 Å². The van der Waals surface area contributed by atoms with Crippen molar-refractivity contribution < 1.29 is 13.9 Å². The van der Waals surface area contributed by atoms with Gasteiger partial charge in [0, 0.05) is 25.3 Å². The third-order valence-corrected chi connectivity index (χ3v) is 3.30. The van der Waals surface area contributed by atoms with Crippen LogP contribution in [0.25, 0.3) is 11.1 Å². The predicted octanol–water partition coefficient (Wildman–Crippen LogP) is 0.480. The van der Waals surface area contributed by atoms with E-state index in [1.807, 2.05) is 0 Å². The molecule has 1 amide bonds. The topological polar surface area (TPSA) is 85.5 Å². The molecule has 0 radical (unpaired) electrons. The van der Waals surface area contributed by atoms with Crippen LogP contribution in [-0.4, -0.2) is 36.3 Å². The number of ether oxygens (including phenoxy) is 1. The molecule has 1 unspecified atom stereocenters. The molecule has 1 aliphatic heterocycles. The Kier molecular flexibility index (Phi) is 4.66. The van der Waals surface area contributed by atoms with E-state index in [4.69, 9.17) is 9.15 Å². The maximum absolute atomic E-state index is 12.0. The second-order valence-corrected chi connectivity index (χ2v) is 4.68. The quantitative estimate of drug-likeness (QED) is 0.842. The summed E-state index contributed by atoms with van der Waals surface area (Å²) in [5.74, 6) is -0.590. The molecule has 7 nitrogen and oxygen atoms in total. The number of carbonyl (C=O) groups is 1. The number of aromatic nitrogens is 1. The third-order valence-electron chi connectivity index (χ3n) is 3.30. The monoisotopic (exact) mass is 313 g/mol. The van der Waals surface area contributed by atoms with Crippen molar-refractivity contribution >= 4 is 35.1 Å². The van der Waals surface area contributed by atoms with Crippen molar-refractivity contribution in [2.75, 3.05) is 25.1 Å². The summed E-state index contributed by atoms with van der Waals surface area (Å²) in [5.41, 5.74) is 1.72. The first-order valence-corrected chi connectivity index (χ1v) is 6.37. The average Bonchev–Trinajstić information content (AvgIpc) is 2.74. The van der Waals surface area contributed by atoms with Crippen molar-refractivity contribution in [2.24, 2.45) is 7.05 Å². The Labute approximate surface area is 126 Å². The van der Waals surface area contributed by atoms with Crippen molar-refractivity contribution in [1.82, 2.24) is 9.88 Å². The molecule has 0 bridgehead atoms. The first kappa shape index (κ1) is 15.6. The predicted molar refractivity (Wildman–Crippen MR) is 79.9 cm³/mol. The molecule has 2 aromatic rings. The van der Waals surface area contributed by atoms with Gasteiger partial charge in [-0.05, 0) is 12.1 Å². The van der Waals surface area contributed by atoms with E-state index >= 15 is 0 Å². The molecule has 1 aliphatic rings. The number of halogens is 1. The van der Waals surface area contributed by atoms with E-state index in [-0.39, 0.29) is 24.4 Å². The summed E-state index contributed by atoms with van der Waals surface area (Å²) in [7, 11) is 1.63. The van der Waals surface area contributed by atoms with E-state index in [0.29, 0.717) is 36.5 Å². The molecule has 8 heteroatoms. The maximum Gasteiger partial charge on any atom is 0.419 e. The average molecular weight is 314 g/mol. The lowest BCUT2D eigenvalue weighted by Gasteiger charge is -2.22. The Balaban J connectivity index is 0.00000161. The smallest absolute Gasteiger partial charge is 0.408 e. The molecule has 2 N–H and O–H groups in total. The molecule has 114 valence electrons. The highest BCUT2D eigenvalue weighted by atomic mass is 35.5. The number of amides is 1. The van der Waals surface area contributed by atoms with Gasteiger partial charge in [-0.1, -0.05) is 0 Å². The van der Waals surface area contributed by atoms with Crippen molar-refractivity contribution in [1.29, 1.82) is 0 Å². The van der Waals surface area contributed by atoms with Gasteiger partial charge >= 0.3 is 5.76 Å². The van der Waals surface area contributed by atoms with E-state index in [9.17, 15) is 9.59 Å². The van der Waals surface area contributed by atoms with E-state index in [1.54, 1.807) is 25.2 Å². The standard InChI is InChI=1S/C13H15N3O4.ClH/c1-16-10-3-2-8(6-11(10)20-13(16)18)15-12(17)9-7-19-5-4-14-9;/h2-3,6,9,14H,4-5,7H2,1H3,(H,15,17);1H. The molecular weight excluding hydrogens is 298 g/mol. The summed E-state index contributed by atoms with van der Waals surface area (Å²) in [6, 6.07) is 4.75. The molecule has 1 saturated heterocycles. The molecule has 1 atom stereocenters. The Hall–Kier alpha value is -1.83. The molecule has 0 saturated carbocycles. The summed E-state index contributed by atoms with van der Waals surface area (Å²) in [4.78, 5) is 23.4. The van der Waals surface area contributed by atoms with Crippen LogP contribution in [0.3, 0.4) is 0 Å². The molecule has 1 aromatic heterocycles. The van der Waals surface area contributed by atoms with Gasteiger partial charge in [0.05, 0.1) is 18.7 Å². The van der Waals surface area contributed by atoms with Gasteiger partial charge in [-0.25, -0.2) is 4.79 Å². The Morgan fingerprint density at radius 3 is 3.00 bits per heavy atom. The van der Waals surface area contributed by atoms with Gasteiger partial charge in [0.15, 0.2) is 5.58 Å². The van der Waals surface area contributed by atoms with Crippen LogP contribution in [-0.2, 0) is 16.6 Å². The minimum Gasteiger partial charge on any atom is -0.408 e. The second-order valence-electron chi connectivity index (χ2n) is 4.68. The van der Waals surface area contributed by atoms with Gasteiger partial charge in [0.1, 0.15) is 6.04 Å². The fourth-order valence-electron chi connectivity index (χ4n) is 2.17. The zero-order chi connectivity index (χ0) is 14.1. The number of benzene rings is 1. The van der Waals surface area contributed by atoms with E-state index in [2.05, 4.69) is 10.6 Å². The molecule has 0 aliphatic carbocycles. The first-order chi connectivity index (χ1) is 9.65. The summed E-state index contributed by atoms with van der Waals surface area (Å²) < 4.78 is 11.7. The lowest BCUT2D eigenvalue weighted by molar-refractivity contribution is -0.120. The van der Waals surface area contributed by atoms with Crippen LogP contribution in [0.1, 0.15) is 0 Å². The lowest BCUT2D eigenvalue weighted by atomic mass is 10.2. The fraction of sp³-hybridized carbons (Fsp3) is 0.385. The first-order valence-electron chi connectivity index (χ1n) is 6.37. The van der Waals surface area contributed by atoms with Gasteiger partial charge < -0.3 is 19.8 Å². The maximum atomic E-state index is 12.0. The largest absolute Gasteiger partial charge is 0.419 e. The van der Waals surface area contributed by atoms with Crippen molar-refractivity contribution in [3.05, 3.63) is 28.7 Å². The lowest BCUT2D eigenvalue weighted by Crippen LogP contribution is -2.48. The Morgan fingerprint density at radius 1 is 1.48 bits per heavy atom. The second kappa shape index (κ2) is 6.30. The Bertz CT molecular complexity index is 703. The van der Waals surface area contributed by atoms with Gasteiger partial charge in [-0.15, -0.1) is 12.4 Å². The van der Waals surface area contributed by atoms with Crippen LogP contribution in [0, 0.1) is 0 Å². The Morgan fingerprint density at radius 2 is 2.29 bits per heavy atom. The number of carbonyl (C=O) groups excluding carboxylic acids is 1. The van der Waals surface area contributed by atoms with Crippen LogP contribution in [0.15, 0.2) is 27.4 Å². The normalized spacial score (nSPS) is 18.2. The van der Waals surface area contributed by atoms with Gasteiger partial charge in [-0.3, -0.25) is 9.36 Å². The molecule has 2 heterocycles. The summed E-state index contributed by atoms with van der Waals surface area (Å²) >= 11 is 0. The highest BCUT2D eigenvalue weighted by Gasteiger charge is 2.21. The molecule has 21 heavy (non-hydrogen) atoms. The van der Waals surface area contributed by atoms with Crippen LogP contribution in [0.2, 0.25) is 0 Å². The van der Waals surface area contributed by atoms with Crippen molar-refractivity contribution in [3.8, 4) is 0 Å². The number of anilines is 1. The third kappa shape index (κ3) is 3.10. The zero-order valence-electron chi connectivity index (χ0n) is 11.4. The number of morpholine rings is 1. The van der Waals surface area contributed by atoms with Crippen LogP contribution >= 0.6 is 12.4 Å². The number of aryl methyl sites for hydroxylation is 1. The van der Waals surface area contributed by atoms with Gasteiger partial charge in [-0.2, -0.15) is 0 Å². The van der Waals surface area contributed by atoms with E-state index < -0.39 is 5.76 Å². The van der Waals surface area contributed by atoms with Crippen LogP contribution in [0.4, 0.5) is 5.69 Å². The highest BCUT2D eigenvalue weighted by molar-refractivity contribution is 5.96. The number of fused-ring (bicyclic) bond motifs is 1. The minimum absolute atomic E-state index is 0. The molecule has 1 aromatic carbocycles. The summed E-state index contributed by atoms with van der Waals surface area (Å²) in [6.45, 7) is 1.63. The molecular formula is C13H16ClN3O4. The molecule has 0 spiro atoms. The van der Waals surface area contributed by atoms with Crippen LogP contribution in [0.5, 0.6) is 0 Å². The number of oxazole rings is 1. The fourth-order valence-corrected chi connectivity index (χ4v) is 2.17.